The molecule has 0 saturated carbocycles. The number of nitrogens with zero attached hydrogens (tertiary/aromatic N) is 2. The van der Waals surface area contributed by atoms with Crippen LogP contribution >= 0.6 is 11.8 Å². The molecule has 0 aliphatic heterocycles. The molecule has 2 heterocycles. The number of imidazole rings is 1. The monoisotopic (exact) mass is 341 g/mol. The van der Waals surface area contributed by atoms with Gasteiger partial charge in [-0.05, 0) is 37.3 Å². The van der Waals surface area contributed by atoms with Crippen molar-refractivity contribution in [3.8, 4) is 0 Å². The lowest BCUT2D eigenvalue weighted by atomic mass is 10.1. The van der Waals surface area contributed by atoms with Gasteiger partial charge in [0.05, 0.1) is 0 Å². The number of pyridine rings is 1. The highest BCUT2D eigenvalue weighted by atomic mass is 32.2. The lowest BCUT2D eigenvalue weighted by Crippen LogP contribution is -2.12. The van der Waals surface area contributed by atoms with Crippen LogP contribution in [0.2, 0.25) is 0 Å². The molecule has 0 amide bonds. The van der Waals surface area contributed by atoms with E-state index in [1.165, 1.54) is 5.69 Å². The number of aromatic nitrogens is 3. The van der Waals surface area contributed by atoms with Crippen molar-refractivity contribution in [2.45, 2.75) is 50.6 Å². The second-order valence-electron chi connectivity index (χ2n) is 6.58. The summed E-state index contributed by atoms with van der Waals surface area (Å²) in [5, 5.41) is 2.03. The third-order valence-electron chi connectivity index (χ3n) is 4.09. The number of rotatable bonds is 5. The molecule has 2 aromatic heterocycles. The SMILES string of the molecule is CC(C)c1cnc(SCc2cc3ccccc3[nH]c2=O)n1C(C)C. The van der Waals surface area contributed by atoms with E-state index in [1.807, 2.05) is 36.5 Å². The van der Waals surface area contributed by atoms with Crippen LogP contribution in [0.4, 0.5) is 0 Å². The van der Waals surface area contributed by atoms with Gasteiger partial charge in [0.25, 0.3) is 5.56 Å². The van der Waals surface area contributed by atoms with E-state index in [-0.39, 0.29) is 5.56 Å². The summed E-state index contributed by atoms with van der Waals surface area (Å²) < 4.78 is 2.27. The molecule has 4 nitrogen and oxygen atoms in total. The lowest BCUT2D eigenvalue weighted by Gasteiger charge is -2.17. The molecule has 5 heteroatoms. The normalized spacial score (nSPS) is 11.8. The Hall–Kier alpha value is -2.01. The van der Waals surface area contributed by atoms with Crippen molar-refractivity contribution in [3.05, 3.63) is 58.1 Å². The number of thioether (sulfide) groups is 1. The molecule has 0 unspecified atom stereocenters. The molecule has 0 fully saturated rings. The average molecular weight is 341 g/mol. The highest BCUT2D eigenvalue weighted by molar-refractivity contribution is 7.98. The third kappa shape index (κ3) is 3.26. The number of fused-ring (bicyclic) bond motifs is 1. The Labute approximate surface area is 146 Å². The maximum absolute atomic E-state index is 12.3. The van der Waals surface area contributed by atoms with Gasteiger partial charge in [-0.1, -0.05) is 43.8 Å². The van der Waals surface area contributed by atoms with Gasteiger partial charge in [-0.2, -0.15) is 0 Å². The zero-order valence-corrected chi connectivity index (χ0v) is 15.4. The number of hydrogen-bond donors (Lipinski definition) is 1. The molecule has 126 valence electrons. The van der Waals surface area contributed by atoms with Gasteiger partial charge in [0.2, 0.25) is 0 Å². The number of benzene rings is 1. The Morgan fingerprint density at radius 1 is 1.21 bits per heavy atom. The Morgan fingerprint density at radius 3 is 2.67 bits per heavy atom. The highest BCUT2D eigenvalue weighted by Gasteiger charge is 2.16. The predicted molar refractivity (Wildman–Crippen MR) is 101 cm³/mol. The van der Waals surface area contributed by atoms with Crippen LogP contribution in [0.25, 0.3) is 10.9 Å². The molecule has 0 bridgehead atoms. The van der Waals surface area contributed by atoms with Crippen molar-refractivity contribution < 1.29 is 0 Å². The highest BCUT2D eigenvalue weighted by Crippen LogP contribution is 2.29. The zero-order chi connectivity index (χ0) is 17.3. The predicted octanol–water partition coefficient (Wildman–Crippen LogP) is 4.72. The van der Waals surface area contributed by atoms with Crippen LogP contribution in [-0.4, -0.2) is 14.5 Å². The summed E-state index contributed by atoms with van der Waals surface area (Å²) >= 11 is 1.62. The first-order chi connectivity index (χ1) is 11.5. The van der Waals surface area contributed by atoms with Gasteiger partial charge in [-0.15, -0.1) is 0 Å². The Morgan fingerprint density at radius 2 is 1.96 bits per heavy atom. The first-order valence-corrected chi connectivity index (χ1v) is 9.26. The Kier molecular flexibility index (Phi) is 4.81. The van der Waals surface area contributed by atoms with E-state index in [1.54, 1.807) is 11.8 Å². The van der Waals surface area contributed by atoms with Crippen molar-refractivity contribution in [3.63, 3.8) is 0 Å². The third-order valence-corrected chi connectivity index (χ3v) is 5.10. The minimum atomic E-state index is -0.0204. The second-order valence-corrected chi connectivity index (χ2v) is 7.53. The van der Waals surface area contributed by atoms with Crippen LogP contribution < -0.4 is 5.56 Å². The number of hydrogen-bond acceptors (Lipinski definition) is 3. The molecule has 1 aromatic carbocycles. The van der Waals surface area contributed by atoms with E-state index in [0.717, 1.165) is 21.6 Å². The second kappa shape index (κ2) is 6.85. The van der Waals surface area contributed by atoms with E-state index >= 15 is 0 Å². The van der Waals surface area contributed by atoms with E-state index in [4.69, 9.17) is 0 Å². The summed E-state index contributed by atoms with van der Waals surface area (Å²) in [6.07, 6.45) is 1.96. The molecule has 0 radical (unpaired) electrons. The van der Waals surface area contributed by atoms with Gasteiger partial charge >= 0.3 is 0 Å². The van der Waals surface area contributed by atoms with E-state index < -0.39 is 0 Å². The lowest BCUT2D eigenvalue weighted by molar-refractivity contribution is 0.515. The summed E-state index contributed by atoms with van der Waals surface area (Å²) in [5.74, 6) is 1.04. The summed E-state index contributed by atoms with van der Waals surface area (Å²) in [6, 6.07) is 10.2. The summed E-state index contributed by atoms with van der Waals surface area (Å²) in [5.41, 5.74) is 2.87. The van der Waals surface area contributed by atoms with E-state index in [2.05, 4.69) is 42.2 Å². The van der Waals surface area contributed by atoms with Crippen LogP contribution in [-0.2, 0) is 5.75 Å². The molecule has 0 atom stereocenters. The van der Waals surface area contributed by atoms with Crippen LogP contribution in [0, 0.1) is 0 Å². The zero-order valence-electron chi connectivity index (χ0n) is 14.5. The van der Waals surface area contributed by atoms with Crippen molar-refractivity contribution in [2.24, 2.45) is 0 Å². The van der Waals surface area contributed by atoms with Crippen molar-refractivity contribution in [1.82, 2.24) is 14.5 Å². The van der Waals surface area contributed by atoms with Gasteiger partial charge in [-0.25, -0.2) is 4.98 Å². The molecule has 3 rings (SSSR count). The quantitative estimate of drug-likeness (QED) is 0.683. The average Bonchev–Trinajstić information content (AvgIpc) is 2.97. The molecule has 0 spiro atoms. The first kappa shape index (κ1) is 16.8. The summed E-state index contributed by atoms with van der Waals surface area (Å²) in [7, 11) is 0. The molecular weight excluding hydrogens is 318 g/mol. The molecule has 0 aliphatic carbocycles. The largest absolute Gasteiger partial charge is 0.322 e. The maximum Gasteiger partial charge on any atom is 0.252 e. The maximum atomic E-state index is 12.3. The van der Waals surface area contributed by atoms with Crippen molar-refractivity contribution >= 4 is 22.7 Å². The standard InChI is InChI=1S/C19H23N3OS/c1-12(2)17-10-20-19(22(17)13(3)4)24-11-15-9-14-7-5-6-8-16(14)21-18(15)23/h5-10,12-13H,11H2,1-4H3,(H,21,23). The molecule has 24 heavy (non-hydrogen) atoms. The summed E-state index contributed by atoms with van der Waals surface area (Å²) in [4.78, 5) is 19.8. The van der Waals surface area contributed by atoms with Crippen LogP contribution in [0.1, 0.15) is 50.9 Å². The van der Waals surface area contributed by atoms with E-state index in [9.17, 15) is 4.79 Å². The fourth-order valence-corrected chi connectivity index (χ4v) is 3.93. The molecule has 0 aliphatic rings. The Balaban J connectivity index is 1.89. The van der Waals surface area contributed by atoms with Crippen LogP contribution in [0.15, 0.2) is 46.5 Å². The number of H-pyrrole nitrogens is 1. The topological polar surface area (TPSA) is 50.7 Å². The van der Waals surface area contributed by atoms with Crippen LogP contribution in [0.5, 0.6) is 0 Å². The summed E-state index contributed by atoms with van der Waals surface area (Å²) in [6.45, 7) is 8.69. The number of para-hydroxylation sites is 1. The first-order valence-electron chi connectivity index (χ1n) is 8.28. The van der Waals surface area contributed by atoms with Crippen LogP contribution in [0.3, 0.4) is 0 Å². The van der Waals surface area contributed by atoms with Gasteiger partial charge in [0.1, 0.15) is 0 Å². The molecule has 3 aromatic rings. The van der Waals surface area contributed by atoms with Gasteiger partial charge in [0, 0.05) is 34.8 Å². The number of aromatic amines is 1. The number of nitrogens with one attached hydrogen (secondary N) is 1. The fraction of sp³-hybridized carbons (Fsp3) is 0.368. The van der Waals surface area contributed by atoms with Gasteiger partial charge in [0.15, 0.2) is 5.16 Å². The smallest absolute Gasteiger partial charge is 0.252 e. The van der Waals surface area contributed by atoms with Gasteiger partial charge < -0.3 is 9.55 Å². The molecule has 1 N–H and O–H groups in total. The van der Waals surface area contributed by atoms with Gasteiger partial charge in [-0.3, -0.25) is 4.79 Å². The minimum Gasteiger partial charge on any atom is -0.322 e. The molecule has 0 saturated heterocycles. The van der Waals surface area contributed by atoms with E-state index in [0.29, 0.717) is 17.7 Å². The van der Waals surface area contributed by atoms with Crippen molar-refractivity contribution in [1.29, 1.82) is 0 Å². The minimum absolute atomic E-state index is 0.0204. The van der Waals surface area contributed by atoms with Crippen molar-refractivity contribution in [2.75, 3.05) is 0 Å². The molecular formula is C19H23N3OS. The fourth-order valence-electron chi connectivity index (χ4n) is 2.85. The Bertz CT molecular complexity index is 908.